The van der Waals surface area contributed by atoms with Gasteiger partial charge in [-0.3, -0.25) is 4.79 Å². The molecule has 0 aliphatic carbocycles. The van der Waals surface area contributed by atoms with E-state index in [0.717, 1.165) is 18.8 Å². The van der Waals surface area contributed by atoms with Crippen molar-refractivity contribution in [3.8, 4) is 0 Å². The minimum atomic E-state index is -0.130. The predicted octanol–water partition coefficient (Wildman–Crippen LogP) is 3.20. The van der Waals surface area contributed by atoms with Crippen LogP contribution >= 0.6 is 0 Å². The number of aryl methyl sites for hydroxylation is 1. The summed E-state index contributed by atoms with van der Waals surface area (Å²) < 4.78 is 5.27. The molecule has 1 aromatic carbocycles. The van der Waals surface area contributed by atoms with E-state index in [2.05, 4.69) is 17.6 Å². The molecule has 0 saturated carbocycles. The minimum absolute atomic E-state index is 0.130. The van der Waals surface area contributed by atoms with Crippen molar-refractivity contribution in [3.05, 3.63) is 53.5 Å². The number of hydrogen-bond donors (Lipinski definition) is 2. The first kappa shape index (κ1) is 14.3. The zero-order valence-corrected chi connectivity index (χ0v) is 11.9. The fraction of sp³-hybridized carbons (Fsp3) is 0.312. The van der Waals surface area contributed by atoms with E-state index >= 15 is 0 Å². The van der Waals surface area contributed by atoms with Gasteiger partial charge in [-0.2, -0.15) is 0 Å². The second-order valence-electron chi connectivity index (χ2n) is 4.54. The van der Waals surface area contributed by atoms with Gasteiger partial charge < -0.3 is 15.1 Å². The van der Waals surface area contributed by atoms with Gasteiger partial charge in [0, 0.05) is 18.7 Å². The van der Waals surface area contributed by atoms with E-state index < -0.39 is 0 Å². The molecule has 20 heavy (non-hydrogen) atoms. The lowest BCUT2D eigenvalue weighted by atomic mass is 10.1. The highest BCUT2D eigenvalue weighted by Gasteiger charge is 2.13. The first-order valence-electron chi connectivity index (χ1n) is 6.92. The first-order valence-corrected chi connectivity index (χ1v) is 6.92. The van der Waals surface area contributed by atoms with Gasteiger partial charge in [0.2, 0.25) is 0 Å². The normalized spacial score (nSPS) is 10.5. The number of carbonyl (C=O) groups excluding carboxylic acids is 1. The Labute approximate surface area is 119 Å². The Kier molecular flexibility index (Phi) is 4.96. The molecule has 1 amide bonds. The van der Waals surface area contributed by atoms with Gasteiger partial charge in [-0.25, -0.2) is 0 Å². The predicted molar refractivity (Wildman–Crippen MR) is 79.9 cm³/mol. The molecule has 2 N–H and O–H groups in total. The molecule has 1 aromatic heterocycles. The van der Waals surface area contributed by atoms with Gasteiger partial charge in [0.05, 0.1) is 11.8 Å². The summed E-state index contributed by atoms with van der Waals surface area (Å²) in [5, 5.41) is 6.15. The van der Waals surface area contributed by atoms with Gasteiger partial charge >= 0.3 is 0 Å². The Morgan fingerprint density at radius 3 is 2.55 bits per heavy atom. The molecule has 0 bridgehead atoms. The van der Waals surface area contributed by atoms with Crippen LogP contribution in [0, 0.1) is 0 Å². The maximum Gasteiger partial charge on any atom is 0.259 e. The van der Waals surface area contributed by atoms with E-state index in [1.165, 1.54) is 5.56 Å². The van der Waals surface area contributed by atoms with Crippen molar-refractivity contribution in [1.82, 2.24) is 5.32 Å². The van der Waals surface area contributed by atoms with Crippen molar-refractivity contribution >= 4 is 11.6 Å². The summed E-state index contributed by atoms with van der Waals surface area (Å²) in [4.78, 5) is 12.1. The lowest BCUT2D eigenvalue weighted by molar-refractivity contribution is 0.102. The summed E-state index contributed by atoms with van der Waals surface area (Å²) in [6, 6.07) is 9.54. The molecule has 0 unspecified atom stereocenters. The minimum Gasteiger partial charge on any atom is -0.469 e. The van der Waals surface area contributed by atoms with Gasteiger partial charge in [0.15, 0.2) is 0 Å². The van der Waals surface area contributed by atoms with Gasteiger partial charge in [0.25, 0.3) is 5.91 Å². The van der Waals surface area contributed by atoms with Crippen LogP contribution in [0.5, 0.6) is 0 Å². The van der Waals surface area contributed by atoms with E-state index in [-0.39, 0.29) is 5.91 Å². The van der Waals surface area contributed by atoms with E-state index in [4.69, 9.17) is 4.42 Å². The van der Waals surface area contributed by atoms with Crippen molar-refractivity contribution in [2.75, 3.05) is 11.9 Å². The molecule has 4 nitrogen and oxygen atoms in total. The van der Waals surface area contributed by atoms with Crippen LogP contribution in [-0.4, -0.2) is 12.5 Å². The number of benzene rings is 1. The third kappa shape index (κ3) is 3.48. The Bertz CT molecular complexity index is 558. The number of amides is 1. The molecule has 106 valence electrons. The number of hydrogen-bond acceptors (Lipinski definition) is 3. The third-order valence-corrected chi connectivity index (χ3v) is 3.10. The van der Waals surface area contributed by atoms with Crippen molar-refractivity contribution < 1.29 is 9.21 Å². The summed E-state index contributed by atoms with van der Waals surface area (Å²) in [7, 11) is 0. The second kappa shape index (κ2) is 6.91. The fourth-order valence-corrected chi connectivity index (χ4v) is 1.99. The molecule has 0 aliphatic heterocycles. The van der Waals surface area contributed by atoms with Gasteiger partial charge in [-0.15, -0.1) is 0 Å². The van der Waals surface area contributed by atoms with Crippen LogP contribution < -0.4 is 10.6 Å². The second-order valence-corrected chi connectivity index (χ2v) is 4.54. The standard InChI is InChI=1S/C16H20N2O2/c1-3-15-14(9-10-20-15)16(19)18-13-7-5-12(6-8-13)11-17-4-2/h5-10,17H,3-4,11H2,1-2H3,(H,18,19). The largest absolute Gasteiger partial charge is 0.469 e. The molecular weight excluding hydrogens is 252 g/mol. The third-order valence-electron chi connectivity index (χ3n) is 3.10. The zero-order valence-electron chi connectivity index (χ0n) is 11.9. The summed E-state index contributed by atoms with van der Waals surface area (Å²) in [5.74, 6) is 0.585. The quantitative estimate of drug-likeness (QED) is 0.849. The monoisotopic (exact) mass is 272 g/mol. The number of carbonyl (C=O) groups is 1. The fourth-order valence-electron chi connectivity index (χ4n) is 1.99. The van der Waals surface area contributed by atoms with Gasteiger partial charge in [0.1, 0.15) is 5.76 Å². The van der Waals surface area contributed by atoms with Crippen LogP contribution in [0.1, 0.15) is 35.5 Å². The van der Waals surface area contributed by atoms with Crippen LogP contribution in [-0.2, 0) is 13.0 Å². The SMILES string of the molecule is CCNCc1ccc(NC(=O)c2ccoc2CC)cc1. The van der Waals surface area contributed by atoms with E-state index in [0.29, 0.717) is 17.7 Å². The maximum atomic E-state index is 12.1. The number of furan rings is 1. The Hall–Kier alpha value is -2.07. The van der Waals surface area contributed by atoms with Crippen molar-refractivity contribution in [2.24, 2.45) is 0 Å². The Balaban J connectivity index is 2.01. The van der Waals surface area contributed by atoms with Gasteiger partial charge in [-0.1, -0.05) is 26.0 Å². The van der Waals surface area contributed by atoms with Crippen molar-refractivity contribution in [3.63, 3.8) is 0 Å². The Morgan fingerprint density at radius 1 is 1.15 bits per heavy atom. The lowest BCUT2D eigenvalue weighted by Gasteiger charge is -2.07. The van der Waals surface area contributed by atoms with E-state index in [1.54, 1.807) is 12.3 Å². The van der Waals surface area contributed by atoms with Crippen LogP contribution in [0.15, 0.2) is 41.0 Å². The van der Waals surface area contributed by atoms with Crippen LogP contribution in [0.25, 0.3) is 0 Å². The molecule has 0 aliphatic rings. The Morgan fingerprint density at radius 2 is 1.90 bits per heavy atom. The highest BCUT2D eigenvalue weighted by atomic mass is 16.3. The molecule has 0 radical (unpaired) electrons. The molecule has 2 rings (SSSR count). The molecule has 0 atom stereocenters. The van der Waals surface area contributed by atoms with Gasteiger partial charge in [-0.05, 0) is 30.3 Å². The summed E-state index contributed by atoms with van der Waals surface area (Å²) >= 11 is 0. The molecule has 2 aromatic rings. The number of nitrogens with one attached hydrogen (secondary N) is 2. The molecule has 4 heteroatoms. The molecule has 0 fully saturated rings. The zero-order chi connectivity index (χ0) is 14.4. The number of rotatable bonds is 6. The molecule has 0 saturated heterocycles. The summed E-state index contributed by atoms with van der Waals surface area (Å²) in [6.07, 6.45) is 2.25. The van der Waals surface area contributed by atoms with Crippen LogP contribution in [0.2, 0.25) is 0 Å². The molecular formula is C16H20N2O2. The average Bonchev–Trinajstić information content (AvgIpc) is 2.95. The number of anilines is 1. The smallest absolute Gasteiger partial charge is 0.259 e. The topological polar surface area (TPSA) is 54.3 Å². The van der Waals surface area contributed by atoms with E-state index in [1.807, 2.05) is 31.2 Å². The first-order chi connectivity index (χ1) is 9.74. The summed E-state index contributed by atoms with van der Waals surface area (Å²) in [6.45, 7) is 5.82. The lowest BCUT2D eigenvalue weighted by Crippen LogP contribution is -2.13. The summed E-state index contributed by atoms with van der Waals surface area (Å²) in [5.41, 5.74) is 2.59. The average molecular weight is 272 g/mol. The van der Waals surface area contributed by atoms with Crippen molar-refractivity contribution in [2.45, 2.75) is 26.8 Å². The van der Waals surface area contributed by atoms with Crippen molar-refractivity contribution in [1.29, 1.82) is 0 Å². The van der Waals surface area contributed by atoms with Crippen LogP contribution in [0.3, 0.4) is 0 Å². The highest BCUT2D eigenvalue weighted by molar-refractivity contribution is 6.04. The van der Waals surface area contributed by atoms with Crippen LogP contribution in [0.4, 0.5) is 5.69 Å². The highest BCUT2D eigenvalue weighted by Crippen LogP contribution is 2.15. The molecule has 1 heterocycles. The maximum absolute atomic E-state index is 12.1. The van der Waals surface area contributed by atoms with E-state index in [9.17, 15) is 4.79 Å². The molecule has 0 spiro atoms.